The van der Waals surface area contributed by atoms with Crippen molar-refractivity contribution < 1.29 is 14.1 Å². The van der Waals surface area contributed by atoms with E-state index in [1.54, 1.807) is 13.0 Å². The van der Waals surface area contributed by atoms with Gasteiger partial charge in [0.05, 0.1) is 16.7 Å². The first-order valence-corrected chi connectivity index (χ1v) is 12.8. The van der Waals surface area contributed by atoms with Crippen LogP contribution >= 0.6 is 0 Å². The largest absolute Gasteiger partial charge is 0.351 e. The number of aryl methyl sites for hydroxylation is 1. The predicted molar refractivity (Wildman–Crippen MR) is 136 cm³/mol. The number of benzene rings is 1. The van der Waals surface area contributed by atoms with Gasteiger partial charge in [-0.2, -0.15) is 0 Å². The number of aromatic nitrogens is 3. The summed E-state index contributed by atoms with van der Waals surface area (Å²) >= 11 is 0. The second-order valence-electron chi connectivity index (χ2n) is 10.7. The molecule has 0 bridgehead atoms. The molecule has 188 valence electrons. The highest BCUT2D eigenvalue weighted by Gasteiger charge is 2.50. The van der Waals surface area contributed by atoms with Crippen LogP contribution in [0.4, 0.5) is 5.95 Å². The van der Waals surface area contributed by atoms with E-state index in [9.17, 15) is 9.59 Å². The van der Waals surface area contributed by atoms with Gasteiger partial charge in [0.25, 0.3) is 5.91 Å². The van der Waals surface area contributed by atoms with Crippen LogP contribution in [0.25, 0.3) is 11.0 Å². The normalized spacial score (nSPS) is 23.9. The fourth-order valence-corrected chi connectivity index (χ4v) is 6.24. The summed E-state index contributed by atoms with van der Waals surface area (Å²) in [5.41, 5.74) is 3.91. The molecule has 0 unspecified atom stereocenters. The Balaban J connectivity index is 1.28. The summed E-state index contributed by atoms with van der Waals surface area (Å²) < 4.78 is 7.34. The lowest BCUT2D eigenvalue weighted by atomic mass is 9.64. The van der Waals surface area contributed by atoms with E-state index in [4.69, 9.17) is 9.51 Å². The number of carbonyl (C=O) groups is 2. The minimum Gasteiger partial charge on any atom is -0.351 e. The van der Waals surface area contributed by atoms with E-state index >= 15 is 0 Å². The standard InChI is InChI=1S/C27H32N6O3/c1-3-24(34)32-11-8-27(17-32)14-20(15-27)33-22-7-6-19(16-31-9-4-5-10-31)13-21(22)28-26(33)29-25(35)23-12-18(2)30-36-23/h3,6-7,12-13,20H,1,4-5,8-11,14-17H2,2H3,(H,28,29,35)/t20-,27-. The average molecular weight is 489 g/mol. The molecule has 9 heteroatoms. The topological polar surface area (TPSA) is 96.5 Å². The maximum Gasteiger partial charge on any atom is 0.296 e. The molecule has 2 saturated heterocycles. The Labute approximate surface area is 210 Å². The first kappa shape index (κ1) is 23.0. The third-order valence-electron chi connectivity index (χ3n) is 8.06. The second kappa shape index (κ2) is 8.89. The van der Waals surface area contributed by atoms with E-state index in [-0.39, 0.29) is 29.0 Å². The summed E-state index contributed by atoms with van der Waals surface area (Å²) in [6.07, 6.45) is 6.80. The molecule has 2 aliphatic heterocycles. The number of fused-ring (bicyclic) bond motifs is 1. The highest BCUT2D eigenvalue weighted by atomic mass is 16.5. The van der Waals surface area contributed by atoms with E-state index in [0.29, 0.717) is 11.6 Å². The smallest absolute Gasteiger partial charge is 0.296 e. The number of rotatable bonds is 6. The number of hydrogen-bond acceptors (Lipinski definition) is 6. The van der Waals surface area contributed by atoms with Gasteiger partial charge in [0.2, 0.25) is 17.6 Å². The molecule has 1 aromatic carbocycles. The number of likely N-dealkylation sites (tertiary alicyclic amines) is 2. The van der Waals surface area contributed by atoms with Gasteiger partial charge in [0.15, 0.2) is 0 Å². The Bertz CT molecular complexity index is 1330. The summed E-state index contributed by atoms with van der Waals surface area (Å²) in [6, 6.07) is 8.28. The minimum atomic E-state index is -0.359. The zero-order chi connectivity index (χ0) is 24.9. The van der Waals surface area contributed by atoms with Crippen molar-refractivity contribution in [1.29, 1.82) is 0 Å². The molecular formula is C27H32N6O3. The maximum absolute atomic E-state index is 12.9. The molecule has 0 radical (unpaired) electrons. The van der Waals surface area contributed by atoms with Crippen molar-refractivity contribution in [3.8, 4) is 0 Å². The minimum absolute atomic E-state index is 0.00393. The third-order valence-corrected chi connectivity index (χ3v) is 8.06. The molecule has 2 aromatic heterocycles. The highest BCUT2D eigenvalue weighted by Crippen LogP contribution is 2.55. The van der Waals surface area contributed by atoms with E-state index in [2.05, 4.69) is 44.7 Å². The molecule has 6 rings (SSSR count). The molecule has 36 heavy (non-hydrogen) atoms. The van der Waals surface area contributed by atoms with Crippen molar-refractivity contribution >= 4 is 28.8 Å². The molecule has 1 aliphatic carbocycles. The number of amides is 2. The van der Waals surface area contributed by atoms with Crippen LogP contribution in [0.1, 0.15) is 60.0 Å². The Morgan fingerprint density at radius 2 is 2.03 bits per heavy atom. The number of nitrogens with one attached hydrogen (secondary N) is 1. The first-order chi connectivity index (χ1) is 17.4. The molecule has 3 aliphatic rings. The number of anilines is 1. The van der Waals surface area contributed by atoms with Gasteiger partial charge in [0.1, 0.15) is 0 Å². The van der Waals surface area contributed by atoms with Gasteiger partial charge in [-0.25, -0.2) is 4.98 Å². The van der Waals surface area contributed by atoms with Crippen molar-refractivity contribution in [2.24, 2.45) is 5.41 Å². The van der Waals surface area contributed by atoms with Gasteiger partial charge in [-0.05, 0) is 81.3 Å². The van der Waals surface area contributed by atoms with Crippen molar-refractivity contribution in [1.82, 2.24) is 24.5 Å². The van der Waals surface area contributed by atoms with Crippen LogP contribution in [0.15, 0.2) is 41.4 Å². The maximum atomic E-state index is 12.9. The summed E-state index contributed by atoms with van der Waals surface area (Å²) in [5, 5.41) is 6.81. The van der Waals surface area contributed by atoms with E-state index < -0.39 is 0 Å². The van der Waals surface area contributed by atoms with Crippen LogP contribution in [0.3, 0.4) is 0 Å². The van der Waals surface area contributed by atoms with Crippen molar-refractivity contribution in [2.75, 3.05) is 31.5 Å². The molecule has 4 heterocycles. The highest BCUT2D eigenvalue weighted by molar-refractivity contribution is 6.02. The molecule has 3 aromatic rings. The van der Waals surface area contributed by atoms with Gasteiger partial charge < -0.3 is 14.0 Å². The molecular weight excluding hydrogens is 456 g/mol. The van der Waals surface area contributed by atoms with Crippen molar-refractivity contribution in [2.45, 2.75) is 51.6 Å². The fourth-order valence-electron chi connectivity index (χ4n) is 6.24. The lowest BCUT2D eigenvalue weighted by Crippen LogP contribution is -2.42. The van der Waals surface area contributed by atoms with Crippen molar-refractivity contribution in [3.63, 3.8) is 0 Å². The van der Waals surface area contributed by atoms with Crippen LogP contribution in [0, 0.1) is 12.3 Å². The third kappa shape index (κ3) is 4.11. The van der Waals surface area contributed by atoms with Gasteiger partial charge in [-0.1, -0.05) is 17.8 Å². The van der Waals surface area contributed by atoms with Gasteiger partial charge in [-0.3, -0.25) is 19.8 Å². The number of imidazole rings is 1. The van der Waals surface area contributed by atoms with Crippen LogP contribution in [0.2, 0.25) is 0 Å². The molecule has 0 atom stereocenters. The summed E-state index contributed by atoms with van der Waals surface area (Å²) in [5.74, 6) is 0.339. The van der Waals surface area contributed by atoms with Crippen LogP contribution in [0.5, 0.6) is 0 Å². The Morgan fingerprint density at radius 1 is 1.22 bits per heavy atom. The van der Waals surface area contributed by atoms with E-state index in [0.717, 1.165) is 63.0 Å². The summed E-state index contributed by atoms with van der Waals surface area (Å²) in [6.45, 7) is 10.2. The molecule has 1 spiro atoms. The SMILES string of the molecule is C=CC(=O)N1CC[C@]2(C1)C[C@H](n1c(NC(=O)c3cc(C)no3)nc3cc(CN4CCCC4)ccc31)C2. The lowest BCUT2D eigenvalue weighted by molar-refractivity contribution is -0.125. The Hall–Kier alpha value is -3.46. The summed E-state index contributed by atoms with van der Waals surface area (Å²) in [4.78, 5) is 34.3. The Kier molecular flexibility index (Phi) is 5.67. The molecule has 3 fully saturated rings. The number of carbonyl (C=O) groups excluding carboxylic acids is 2. The van der Waals surface area contributed by atoms with Crippen LogP contribution in [-0.2, 0) is 11.3 Å². The number of nitrogens with zero attached hydrogens (tertiary/aromatic N) is 5. The lowest BCUT2D eigenvalue weighted by Gasteiger charge is -2.46. The summed E-state index contributed by atoms with van der Waals surface area (Å²) in [7, 11) is 0. The van der Waals surface area contributed by atoms with Crippen LogP contribution < -0.4 is 5.32 Å². The van der Waals surface area contributed by atoms with E-state index in [1.165, 1.54) is 24.5 Å². The quantitative estimate of drug-likeness (QED) is 0.529. The molecule has 1 saturated carbocycles. The predicted octanol–water partition coefficient (Wildman–Crippen LogP) is 3.92. The zero-order valence-corrected chi connectivity index (χ0v) is 20.7. The monoisotopic (exact) mass is 488 g/mol. The number of hydrogen-bond donors (Lipinski definition) is 1. The van der Waals surface area contributed by atoms with Gasteiger partial charge >= 0.3 is 0 Å². The average Bonchev–Trinajstić information content (AvgIpc) is 3.63. The van der Waals surface area contributed by atoms with Gasteiger partial charge in [0, 0.05) is 31.7 Å². The molecule has 1 N–H and O–H groups in total. The fraction of sp³-hybridized carbons (Fsp3) is 0.481. The van der Waals surface area contributed by atoms with Gasteiger partial charge in [-0.15, -0.1) is 0 Å². The molecule has 9 nitrogen and oxygen atoms in total. The van der Waals surface area contributed by atoms with Crippen LogP contribution in [-0.4, -0.2) is 62.5 Å². The Morgan fingerprint density at radius 3 is 2.75 bits per heavy atom. The second-order valence-corrected chi connectivity index (χ2v) is 10.7. The zero-order valence-electron chi connectivity index (χ0n) is 20.7. The van der Waals surface area contributed by atoms with E-state index in [1.807, 2.05) is 4.90 Å². The molecule has 2 amide bonds. The van der Waals surface area contributed by atoms with Crippen molar-refractivity contribution in [3.05, 3.63) is 53.9 Å². The first-order valence-electron chi connectivity index (χ1n) is 12.8.